The molecule has 0 radical (unpaired) electrons. The molecule has 0 aliphatic carbocycles. The number of nitrogens with one attached hydrogen (secondary N) is 2. The fraction of sp³-hybridized carbons (Fsp3) is 0.362. The number of fused-ring (bicyclic) bond motifs is 4. The molecule has 764 valence electrons. The van der Waals surface area contributed by atoms with Gasteiger partial charge in [-0.25, -0.2) is 60.5 Å². The Hall–Kier alpha value is -8.03. The van der Waals surface area contributed by atoms with Crippen molar-refractivity contribution >= 4 is 105 Å². The van der Waals surface area contributed by atoms with Crippen LogP contribution in [0.4, 0.5) is 10.5 Å². The summed E-state index contributed by atoms with van der Waals surface area (Å²) in [6.45, 7) is 3.54. The maximum absolute atomic E-state index is 13.8. The predicted octanol–water partition coefficient (Wildman–Crippen LogP) is 11.6. The molecule has 0 bridgehead atoms. The molecular weight excluding hydrogens is 2080 g/mol. The molecule has 61 heteroatoms. The van der Waals surface area contributed by atoms with Crippen LogP contribution in [0.5, 0.6) is 5.88 Å². The van der Waals surface area contributed by atoms with E-state index in [1.54, 1.807) is 55.6 Å². The first-order chi connectivity index (χ1) is 66.5. The molecule has 0 saturated carbocycles. The number of aliphatic hydroxyl groups excluding tert-OH is 2. The number of ether oxygens (including phenoxy) is 9. The molecule has 5 saturated heterocycles. The lowest BCUT2D eigenvalue weighted by atomic mass is 10.1. The summed E-state index contributed by atoms with van der Waals surface area (Å²) >= 11 is 6.35. The highest BCUT2D eigenvalue weighted by Crippen LogP contribution is 2.71. The summed E-state index contributed by atoms with van der Waals surface area (Å²) < 4.78 is 216. The van der Waals surface area contributed by atoms with E-state index in [4.69, 9.17) is 63.3 Å². The van der Waals surface area contributed by atoms with Crippen molar-refractivity contribution < 1.29 is 191 Å². The molecule has 9 aromatic rings. The highest BCUT2D eigenvalue weighted by Gasteiger charge is 2.59. The van der Waals surface area contributed by atoms with Crippen molar-refractivity contribution in [2.75, 3.05) is 31.5 Å². The van der Waals surface area contributed by atoms with Crippen LogP contribution in [0.15, 0.2) is 228 Å². The molecule has 15 unspecified atom stereocenters. The topological polar surface area (TPSA) is 679 Å². The standard InChI is InChI=1S/C29H33ClN3O14P3.C29H35N2O15P3.C22H26N3O14P3/c1-2-16-41-48(35,36)46-50(39,40)47-49(37,38)42-18-23-26-27(45-25(44-26)13-12-19-8-4-3-5-9-19)28(43-23)32-15-14-24-31-22(17-33(24)29(32)34)20-10-6-7-11-21(20)30;1-17(2)44-48(35,36)46-49(37,38)45-47(33,34)39-16-23-25-26(43-24(42-25)13-19-9-5-4-6-10-19)28(41-23)31-15-21-14-22(40-27(21)30-29(31)32)20-11-7-8-18(3)12-20;26-19-17(14-36-41(31,32)39-42(33,34)38-40(29,30)24-16-9-5-2-6-10-16)37-21(20(19)27)25-12-11-18(23-22(25)28)35-13-15-7-3-1-4-8-15/h3-11,14-15,17,23,25-28H,2,12-13,16,18H2,1H3,(H,35,36)(H,37,38)(H,39,40);4-12,14-15,17,23-28H,13,16H2,1-3H3,(H,30,32)(H,33,34)(H,35,36)(H,37,38);1-12,17,19-21,26-27H,13-14H2,(H,31,32)(H,33,34)(H2,24,29,30)/t23-,25?,26?,27+,28-;23-,24?,25?,26+,27?,28-;17-,19?,20+,21-/m111/s1. The number of aryl methyl sites for hydroxylation is 2. The Bertz CT molecular complexity index is 6590. The van der Waals surface area contributed by atoms with Crippen LogP contribution in [0.1, 0.15) is 73.9 Å². The van der Waals surface area contributed by atoms with Gasteiger partial charge >= 0.3 is 87.7 Å². The second-order valence-electron chi connectivity index (χ2n) is 31.7. The second-order valence-corrected chi connectivity index (χ2v) is 46.0. The van der Waals surface area contributed by atoms with E-state index in [0.29, 0.717) is 52.5 Å². The Labute approximate surface area is 805 Å². The Kier molecular flexibility index (Phi) is 35.4. The van der Waals surface area contributed by atoms with Crippen LogP contribution in [0.2, 0.25) is 5.02 Å². The number of carbonyl (C=O) groups excluding carboxylic acids is 1. The van der Waals surface area contributed by atoms with Gasteiger partial charge in [0.2, 0.25) is 12.1 Å². The monoisotopic (exact) mass is 2170 g/mol. The smallest absolute Gasteiger partial charge is 0.473 e. The summed E-state index contributed by atoms with van der Waals surface area (Å²) in [5.74, 6) is 0.535. The number of urea groups is 1. The molecule has 0 spiro atoms. The molecule has 3 aromatic heterocycles. The van der Waals surface area contributed by atoms with Crippen molar-refractivity contribution in [1.29, 1.82) is 0 Å². The predicted molar refractivity (Wildman–Crippen MR) is 487 cm³/mol. The van der Waals surface area contributed by atoms with E-state index in [1.165, 1.54) is 76.6 Å². The average molecular weight is 2170 g/mol. The summed E-state index contributed by atoms with van der Waals surface area (Å²) in [4.78, 5) is 138. The number of anilines is 1. The van der Waals surface area contributed by atoms with Crippen molar-refractivity contribution in [3.8, 4) is 17.1 Å². The van der Waals surface area contributed by atoms with Crippen LogP contribution in [-0.2, 0) is 147 Å². The third-order valence-corrected chi connectivity index (χ3v) is 34.1. The third-order valence-electron chi connectivity index (χ3n) is 20.7. The van der Waals surface area contributed by atoms with Crippen molar-refractivity contribution in [2.45, 2.75) is 159 Å². The minimum Gasteiger partial charge on any atom is -0.473 e. The van der Waals surface area contributed by atoms with Crippen LogP contribution < -0.4 is 26.5 Å². The zero-order chi connectivity index (χ0) is 101. The van der Waals surface area contributed by atoms with E-state index >= 15 is 0 Å². The van der Waals surface area contributed by atoms with Gasteiger partial charge in [-0.3, -0.25) is 51.5 Å². The van der Waals surface area contributed by atoms with Gasteiger partial charge in [0.1, 0.15) is 72.9 Å². The first kappa shape index (κ1) is 109. The maximum Gasteiger partial charge on any atom is 0.490 e. The first-order valence-corrected chi connectivity index (χ1v) is 56.2. The second kappa shape index (κ2) is 45.9. The van der Waals surface area contributed by atoms with Crippen LogP contribution in [0, 0.1) is 6.92 Å². The zero-order valence-corrected chi connectivity index (χ0v) is 82.7. The fourth-order valence-corrected chi connectivity index (χ4v) is 26.0. The number of benzene rings is 6. The van der Waals surface area contributed by atoms with Gasteiger partial charge in [0.05, 0.1) is 43.2 Å². The van der Waals surface area contributed by atoms with Crippen molar-refractivity contribution in [3.63, 3.8) is 0 Å². The van der Waals surface area contributed by atoms with E-state index in [1.807, 2.05) is 127 Å². The number of aromatic nitrogens is 5. The number of rotatable bonds is 41. The first-order valence-electron chi connectivity index (χ1n) is 42.3. The van der Waals surface area contributed by atoms with Gasteiger partial charge in [-0.1, -0.05) is 170 Å². The largest absolute Gasteiger partial charge is 0.490 e. The number of imidazole rings is 1. The number of amides is 2. The maximum atomic E-state index is 13.8. The minimum absolute atomic E-state index is 0.0200. The molecule has 13 N–H and O–H groups in total. The van der Waals surface area contributed by atoms with Gasteiger partial charge in [0.15, 0.2) is 31.3 Å². The highest BCUT2D eigenvalue weighted by atomic mass is 35.5. The van der Waals surface area contributed by atoms with E-state index in [-0.39, 0.29) is 31.2 Å². The Balaban J connectivity index is 0.000000169. The molecule has 10 heterocycles. The minimum atomic E-state index is -5.69. The number of nitrogens with zero attached hydrogens (tertiary/aromatic N) is 6. The quantitative estimate of drug-likeness (QED) is 0.0158. The number of halogens is 1. The number of phosphoric ester groups is 5. The highest BCUT2D eigenvalue weighted by molar-refractivity contribution is 7.69. The molecule has 7 aliphatic rings. The average Bonchev–Trinajstić information content (AvgIpc) is 1.60. The number of hydrogen-bond acceptors (Lipinski definition) is 36. The van der Waals surface area contributed by atoms with Gasteiger partial charge in [0.25, 0.3) is 0 Å². The van der Waals surface area contributed by atoms with Crippen LogP contribution >= 0.6 is 81.9 Å². The number of carbonyl (C=O) groups is 1. The fourth-order valence-electron chi connectivity index (χ4n) is 14.8. The molecule has 7 aliphatic heterocycles. The summed E-state index contributed by atoms with van der Waals surface area (Å²) in [6.07, 6.45) is -8.94. The van der Waals surface area contributed by atoms with Gasteiger partial charge in [0, 0.05) is 66.1 Å². The molecule has 5 fully saturated rings. The van der Waals surface area contributed by atoms with E-state index in [0.717, 1.165) is 32.4 Å². The Morgan fingerprint density at radius 1 is 0.518 bits per heavy atom. The van der Waals surface area contributed by atoms with Crippen LogP contribution in [-0.4, -0.2) is 201 Å². The molecule has 51 nitrogen and oxygen atoms in total. The SMILES string of the molecule is CCCOP(=O)(O)OP(=O)(O)OP(=O)(O)OC[C@H]1O[C@@H](n2ccc3nc(-c4ccccc4Cl)cn3c2=O)[C@H]2OC(CCc3ccccc3)OC12.Cc1cccc(C2=CC3=CN([C@@H]4O[C@H](COP(=O)(O)OP(=O)(O)OP(=O)(O)OC(C)C)C5OC(Cc6ccccc6)O[C@@H]54)C(=O)NC3O2)c1.O=c1nc(OCc2ccccc2)ccn1[C@@H]1O[C@H](COP(=O)(O)OP(=O)(O)OP(=O)(O)Nc2ccccc2)C(O)[C@@H]1O. The third kappa shape index (κ3) is 29.7. The van der Waals surface area contributed by atoms with Gasteiger partial charge < -0.3 is 96.9 Å². The normalized spacial score (nSPS) is 26.8. The molecule has 6 aromatic carbocycles. The molecular formula is C80H94ClN8O43P9. The molecule has 141 heavy (non-hydrogen) atoms. The lowest BCUT2D eigenvalue weighted by molar-refractivity contribution is -0.153. The number of phosphoric acid groups is 8. The summed E-state index contributed by atoms with van der Waals surface area (Å²) in [5.41, 5.74) is 5.19. The van der Waals surface area contributed by atoms with Crippen molar-refractivity contribution in [1.82, 2.24) is 33.7 Å². The van der Waals surface area contributed by atoms with Gasteiger partial charge in [-0.2, -0.15) is 30.8 Å². The van der Waals surface area contributed by atoms with E-state index in [9.17, 15) is 110 Å². The number of para-hydroxylation sites is 1. The number of hydrogen-bond donors (Lipinski definition) is 13. The summed E-state index contributed by atoms with van der Waals surface area (Å²) in [7, 11) is -48.7. The van der Waals surface area contributed by atoms with Crippen LogP contribution in [0.3, 0.4) is 0 Å². The summed E-state index contributed by atoms with van der Waals surface area (Å²) in [6, 6.07) is 52.2. The van der Waals surface area contributed by atoms with E-state index in [2.05, 4.69) is 54.7 Å². The summed E-state index contributed by atoms with van der Waals surface area (Å²) in [5, 5.41) is 25.9. The lowest BCUT2D eigenvalue weighted by Gasteiger charge is -2.33. The lowest BCUT2D eigenvalue weighted by Crippen LogP contribution is -2.54. The molecule has 2 amide bonds. The Morgan fingerprint density at radius 2 is 1.04 bits per heavy atom. The van der Waals surface area contributed by atoms with E-state index < -0.39 is 206 Å². The zero-order valence-electron chi connectivity index (χ0n) is 73.9. The van der Waals surface area contributed by atoms with Crippen molar-refractivity contribution in [2.24, 2.45) is 0 Å². The van der Waals surface area contributed by atoms with Gasteiger partial charge in [-0.15, -0.1) is 0 Å². The molecule has 16 rings (SSSR count). The van der Waals surface area contributed by atoms with Crippen LogP contribution in [0.25, 0.3) is 22.7 Å². The number of aliphatic hydroxyl groups is 2. The van der Waals surface area contributed by atoms with Crippen molar-refractivity contribution in [3.05, 3.63) is 272 Å². The Morgan fingerprint density at radius 3 is 1.63 bits per heavy atom. The molecule has 24 atom stereocenters. The van der Waals surface area contributed by atoms with Gasteiger partial charge in [-0.05, 0) is 86.7 Å².